The summed E-state index contributed by atoms with van der Waals surface area (Å²) >= 11 is 6.26. The topological polar surface area (TPSA) is 61.8 Å². The Morgan fingerprint density at radius 3 is 2.47 bits per heavy atom. The molecule has 3 N–H and O–H groups in total. The summed E-state index contributed by atoms with van der Waals surface area (Å²) in [5, 5.41) is 11.2. The fraction of sp³-hybridized carbons (Fsp3) is 0.111. The molecule has 0 bridgehead atoms. The zero-order chi connectivity index (χ0) is 13.2. The van der Waals surface area contributed by atoms with Gasteiger partial charge in [0.15, 0.2) is 5.11 Å². The summed E-state index contributed by atoms with van der Waals surface area (Å²) in [4.78, 5) is 0. The second-order valence-electron chi connectivity index (χ2n) is 2.98. The first-order valence-corrected chi connectivity index (χ1v) is 5.61. The molecule has 0 aliphatic carbocycles. The molecule has 0 spiro atoms. The molecule has 0 aliphatic rings. The largest absolute Gasteiger partial charge is 0.416 e. The number of nitriles is 1. The van der Waals surface area contributed by atoms with E-state index in [1.165, 1.54) is 0 Å². The van der Waals surface area contributed by atoms with Crippen molar-refractivity contribution in [3.05, 3.63) is 26.8 Å². The summed E-state index contributed by atoms with van der Waals surface area (Å²) in [5.41, 5.74) is 4.38. The minimum Gasteiger partial charge on any atom is -0.376 e. The number of hydrogen-bond donors (Lipinski definition) is 2. The molecule has 0 unspecified atom stereocenters. The van der Waals surface area contributed by atoms with Crippen molar-refractivity contribution in [3.63, 3.8) is 0 Å². The van der Waals surface area contributed by atoms with Gasteiger partial charge in [-0.2, -0.15) is 18.4 Å². The van der Waals surface area contributed by atoms with Gasteiger partial charge >= 0.3 is 6.18 Å². The third-order valence-corrected chi connectivity index (χ3v) is 2.74. The molecule has 1 aromatic rings. The maximum atomic E-state index is 12.5. The second-order valence-corrected chi connectivity index (χ2v) is 4.58. The Hall–Kier alpha value is -1.08. The van der Waals surface area contributed by atoms with E-state index in [1.54, 1.807) is 28.7 Å². The lowest BCUT2D eigenvalue weighted by atomic mass is 10.1. The van der Waals surface area contributed by atoms with Gasteiger partial charge in [-0.25, -0.2) is 0 Å². The first-order valence-electron chi connectivity index (χ1n) is 4.13. The van der Waals surface area contributed by atoms with E-state index in [1.807, 2.05) is 0 Å². The van der Waals surface area contributed by atoms with Crippen LogP contribution in [0.15, 0.2) is 12.1 Å². The number of anilines is 1. The number of nitrogens with one attached hydrogen (secondary N) is 1. The standard InChI is InChI=1S/C9H5F3IN3S/c10-9(11,12)5-1-4(3-14)7(6(13)2-5)16-8(15)17/h1-2H,(H3,15,16,17). The van der Waals surface area contributed by atoms with Crippen LogP contribution in [0.3, 0.4) is 0 Å². The Bertz CT molecular complexity index is 507. The van der Waals surface area contributed by atoms with Gasteiger partial charge in [-0.3, -0.25) is 0 Å². The van der Waals surface area contributed by atoms with Gasteiger partial charge in [0.2, 0.25) is 0 Å². The fourth-order valence-electron chi connectivity index (χ4n) is 1.11. The highest BCUT2D eigenvalue weighted by Gasteiger charge is 2.32. The smallest absolute Gasteiger partial charge is 0.376 e. The van der Waals surface area contributed by atoms with Crippen molar-refractivity contribution in [2.45, 2.75) is 6.18 Å². The molecular weight excluding hydrogens is 366 g/mol. The van der Waals surface area contributed by atoms with Crippen molar-refractivity contribution >= 4 is 45.6 Å². The lowest BCUT2D eigenvalue weighted by Crippen LogP contribution is -2.21. The van der Waals surface area contributed by atoms with E-state index in [0.717, 1.165) is 12.1 Å². The van der Waals surface area contributed by atoms with Gasteiger partial charge in [-0.1, -0.05) is 0 Å². The maximum Gasteiger partial charge on any atom is 0.416 e. The number of nitrogens with zero attached hydrogens (tertiary/aromatic N) is 1. The summed E-state index contributed by atoms with van der Waals surface area (Å²) in [7, 11) is 0. The molecule has 1 rings (SSSR count). The molecule has 3 nitrogen and oxygen atoms in total. The maximum absolute atomic E-state index is 12.5. The molecule has 17 heavy (non-hydrogen) atoms. The Balaban J connectivity index is 3.37. The molecular formula is C9H5F3IN3S. The van der Waals surface area contributed by atoms with Crippen LogP contribution in [-0.2, 0) is 6.18 Å². The quantitative estimate of drug-likeness (QED) is 0.589. The molecule has 0 saturated carbocycles. The number of rotatable bonds is 1. The van der Waals surface area contributed by atoms with Crippen molar-refractivity contribution in [3.8, 4) is 6.07 Å². The van der Waals surface area contributed by atoms with E-state index < -0.39 is 11.7 Å². The van der Waals surface area contributed by atoms with Gasteiger partial charge < -0.3 is 11.1 Å². The fourth-order valence-corrected chi connectivity index (χ4v) is 1.97. The third-order valence-electron chi connectivity index (χ3n) is 1.79. The molecule has 8 heteroatoms. The predicted octanol–water partition coefficient (Wildman–Crippen LogP) is 2.84. The summed E-state index contributed by atoms with van der Waals surface area (Å²) in [6, 6.07) is 3.34. The lowest BCUT2D eigenvalue weighted by molar-refractivity contribution is -0.137. The average molecular weight is 371 g/mol. The first-order chi connectivity index (χ1) is 7.75. The van der Waals surface area contributed by atoms with Crippen molar-refractivity contribution in [1.29, 1.82) is 5.26 Å². The normalized spacial score (nSPS) is 10.8. The summed E-state index contributed by atoms with van der Waals surface area (Å²) in [6.45, 7) is 0. The van der Waals surface area contributed by atoms with Crippen LogP contribution in [0.25, 0.3) is 0 Å². The van der Waals surface area contributed by atoms with Crippen LogP contribution in [0.4, 0.5) is 18.9 Å². The van der Waals surface area contributed by atoms with Crippen molar-refractivity contribution in [2.24, 2.45) is 5.73 Å². The van der Waals surface area contributed by atoms with E-state index in [0.29, 0.717) is 0 Å². The number of benzene rings is 1. The van der Waals surface area contributed by atoms with Gasteiger partial charge in [-0.15, -0.1) is 0 Å². The van der Waals surface area contributed by atoms with Gasteiger partial charge in [0, 0.05) is 3.57 Å². The minimum absolute atomic E-state index is 0.112. The highest BCUT2D eigenvalue weighted by atomic mass is 127. The van der Waals surface area contributed by atoms with Crippen molar-refractivity contribution in [2.75, 3.05) is 5.32 Å². The molecule has 0 amide bonds. The zero-order valence-corrected chi connectivity index (χ0v) is 11.1. The SMILES string of the molecule is N#Cc1cc(C(F)(F)F)cc(I)c1NC(N)=S. The summed E-state index contributed by atoms with van der Waals surface area (Å²) < 4.78 is 37.7. The molecule has 0 fully saturated rings. The van der Waals surface area contributed by atoms with Gasteiger partial charge in [0.25, 0.3) is 0 Å². The molecule has 0 aromatic heterocycles. The summed E-state index contributed by atoms with van der Waals surface area (Å²) in [5.74, 6) is 0. The highest BCUT2D eigenvalue weighted by Crippen LogP contribution is 2.34. The van der Waals surface area contributed by atoms with Crippen LogP contribution in [0.1, 0.15) is 11.1 Å². The van der Waals surface area contributed by atoms with Crippen LogP contribution in [0, 0.1) is 14.9 Å². The van der Waals surface area contributed by atoms with Gasteiger partial charge in [-0.05, 0) is 46.9 Å². The van der Waals surface area contributed by atoms with Gasteiger partial charge in [0.05, 0.1) is 16.8 Å². The van der Waals surface area contributed by atoms with E-state index in [-0.39, 0.29) is 19.9 Å². The van der Waals surface area contributed by atoms with E-state index in [9.17, 15) is 13.2 Å². The Morgan fingerprint density at radius 1 is 1.47 bits per heavy atom. The molecule has 90 valence electrons. The van der Waals surface area contributed by atoms with Crippen molar-refractivity contribution < 1.29 is 13.2 Å². The third kappa shape index (κ3) is 3.44. The number of nitrogens with two attached hydrogens (primary N) is 1. The van der Waals surface area contributed by atoms with Crippen LogP contribution in [-0.4, -0.2) is 5.11 Å². The molecule has 0 saturated heterocycles. The number of halogens is 4. The average Bonchev–Trinajstić information content (AvgIpc) is 2.18. The van der Waals surface area contributed by atoms with Crippen LogP contribution in [0.2, 0.25) is 0 Å². The van der Waals surface area contributed by atoms with E-state index in [2.05, 4.69) is 17.5 Å². The molecule has 0 aliphatic heterocycles. The van der Waals surface area contributed by atoms with Crippen LogP contribution in [0.5, 0.6) is 0 Å². The Labute approximate surface area is 114 Å². The number of hydrogen-bond acceptors (Lipinski definition) is 2. The number of alkyl halides is 3. The first kappa shape index (κ1) is 14.0. The lowest BCUT2D eigenvalue weighted by Gasteiger charge is -2.12. The van der Waals surface area contributed by atoms with E-state index >= 15 is 0 Å². The van der Waals surface area contributed by atoms with E-state index in [4.69, 9.17) is 11.0 Å². The van der Waals surface area contributed by atoms with Crippen LogP contribution < -0.4 is 11.1 Å². The van der Waals surface area contributed by atoms with Gasteiger partial charge in [0.1, 0.15) is 6.07 Å². The predicted molar refractivity (Wildman–Crippen MR) is 69.3 cm³/mol. The van der Waals surface area contributed by atoms with Crippen molar-refractivity contribution in [1.82, 2.24) is 0 Å². The zero-order valence-electron chi connectivity index (χ0n) is 8.10. The molecule has 0 radical (unpaired) electrons. The molecule has 1 aromatic carbocycles. The molecule has 0 heterocycles. The van der Waals surface area contributed by atoms with Crippen LogP contribution >= 0.6 is 34.8 Å². The Kier molecular flexibility index (Phi) is 4.16. The Morgan fingerprint density at radius 2 is 2.06 bits per heavy atom. The summed E-state index contributed by atoms with van der Waals surface area (Å²) in [6.07, 6.45) is -4.49. The minimum atomic E-state index is -4.49. The highest BCUT2D eigenvalue weighted by molar-refractivity contribution is 14.1. The number of thiocarbonyl (C=S) groups is 1. The molecule has 0 atom stereocenters. The second kappa shape index (κ2) is 5.05. The monoisotopic (exact) mass is 371 g/mol.